The Morgan fingerprint density at radius 3 is 2.93 bits per heavy atom. The standard InChI is InChI=1S/C11H15ClOS/c1-9-3-2-4-10(5-9)7-14-8-11(13)6-12/h2-5,11,13H,6-8H2,1H3. The van der Waals surface area contributed by atoms with Crippen LogP contribution in [0, 0.1) is 6.92 Å². The number of aliphatic hydroxyl groups excluding tert-OH is 1. The van der Waals surface area contributed by atoms with Crippen LogP contribution in [0.1, 0.15) is 11.1 Å². The Bertz CT molecular complexity index is 278. The van der Waals surface area contributed by atoms with E-state index < -0.39 is 0 Å². The molecule has 0 aliphatic rings. The predicted octanol–water partition coefficient (Wildman–Crippen LogP) is 2.83. The molecule has 0 aliphatic heterocycles. The SMILES string of the molecule is Cc1cccc(CSCC(O)CCl)c1. The molecule has 1 unspecified atom stereocenters. The van der Waals surface area contributed by atoms with Gasteiger partial charge >= 0.3 is 0 Å². The lowest BCUT2D eigenvalue weighted by molar-refractivity contribution is 0.223. The Kier molecular flexibility index (Phi) is 5.38. The molecule has 0 bridgehead atoms. The van der Waals surface area contributed by atoms with Gasteiger partial charge in [-0.2, -0.15) is 11.8 Å². The Hall–Kier alpha value is -0.180. The van der Waals surface area contributed by atoms with E-state index >= 15 is 0 Å². The van der Waals surface area contributed by atoms with E-state index in [1.54, 1.807) is 11.8 Å². The number of hydrogen-bond acceptors (Lipinski definition) is 2. The van der Waals surface area contributed by atoms with Crippen LogP contribution in [-0.2, 0) is 5.75 Å². The summed E-state index contributed by atoms with van der Waals surface area (Å²) in [6, 6.07) is 8.41. The molecule has 0 radical (unpaired) electrons. The maximum Gasteiger partial charge on any atom is 0.0765 e. The van der Waals surface area contributed by atoms with E-state index in [1.165, 1.54) is 11.1 Å². The summed E-state index contributed by atoms with van der Waals surface area (Å²) in [5.74, 6) is 1.97. The molecule has 1 rings (SSSR count). The Balaban J connectivity index is 2.31. The summed E-state index contributed by atoms with van der Waals surface area (Å²) in [5, 5.41) is 9.24. The molecule has 3 heteroatoms. The van der Waals surface area contributed by atoms with Crippen molar-refractivity contribution in [1.82, 2.24) is 0 Å². The fourth-order valence-corrected chi connectivity index (χ4v) is 2.32. The molecule has 0 fully saturated rings. The van der Waals surface area contributed by atoms with Crippen molar-refractivity contribution in [3.05, 3.63) is 35.4 Å². The molecule has 1 aromatic rings. The largest absolute Gasteiger partial charge is 0.391 e. The molecule has 0 aromatic heterocycles. The number of alkyl halides is 1. The fourth-order valence-electron chi connectivity index (χ4n) is 1.16. The highest BCUT2D eigenvalue weighted by Crippen LogP contribution is 2.14. The van der Waals surface area contributed by atoms with Crippen molar-refractivity contribution in [3.8, 4) is 0 Å². The van der Waals surface area contributed by atoms with Crippen LogP contribution in [0.25, 0.3) is 0 Å². The van der Waals surface area contributed by atoms with Gasteiger partial charge in [-0.1, -0.05) is 29.8 Å². The summed E-state index contributed by atoms with van der Waals surface area (Å²) < 4.78 is 0. The van der Waals surface area contributed by atoms with Crippen molar-refractivity contribution >= 4 is 23.4 Å². The molecule has 0 spiro atoms. The molecule has 1 aromatic carbocycles. The van der Waals surface area contributed by atoms with Gasteiger partial charge in [-0.05, 0) is 12.5 Å². The summed E-state index contributed by atoms with van der Waals surface area (Å²) in [4.78, 5) is 0. The molecular weight excluding hydrogens is 216 g/mol. The monoisotopic (exact) mass is 230 g/mol. The number of thioether (sulfide) groups is 1. The summed E-state index contributed by atoms with van der Waals surface area (Å²) in [5.41, 5.74) is 2.58. The van der Waals surface area contributed by atoms with Crippen LogP contribution in [0.4, 0.5) is 0 Å². The third-order valence-corrected chi connectivity index (χ3v) is 3.35. The van der Waals surface area contributed by atoms with Crippen LogP contribution in [0.3, 0.4) is 0 Å². The van der Waals surface area contributed by atoms with Crippen LogP contribution in [-0.4, -0.2) is 22.8 Å². The van der Waals surface area contributed by atoms with Crippen LogP contribution in [0.5, 0.6) is 0 Å². The lowest BCUT2D eigenvalue weighted by Crippen LogP contribution is -2.11. The molecule has 1 atom stereocenters. The number of aliphatic hydroxyl groups is 1. The first-order valence-corrected chi connectivity index (χ1v) is 6.28. The first-order chi connectivity index (χ1) is 6.72. The summed E-state index contributed by atoms with van der Waals surface area (Å²) in [6.45, 7) is 2.09. The zero-order valence-electron chi connectivity index (χ0n) is 8.24. The minimum Gasteiger partial charge on any atom is -0.391 e. The highest BCUT2D eigenvalue weighted by Gasteiger charge is 2.01. The van der Waals surface area contributed by atoms with Gasteiger partial charge in [0.15, 0.2) is 0 Å². The van der Waals surface area contributed by atoms with Gasteiger partial charge in [-0.25, -0.2) is 0 Å². The molecular formula is C11H15ClOS. The molecule has 1 N–H and O–H groups in total. The van der Waals surface area contributed by atoms with Crippen molar-refractivity contribution in [2.45, 2.75) is 18.8 Å². The van der Waals surface area contributed by atoms with Crippen molar-refractivity contribution in [2.24, 2.45) is 0 Å². The second kappa shape index (κ2) is 6.33. The zero-order chi connectivity index (χ0) is 10.4. The number of benzene rings is 1. The molecule has 0 amide bonds. The zero-order valence-corrected chi connectivity index (χ0v) is 9.81. The van der Waals surface area contributed by atoms with E-state index in [1.807, 2.05) is 0 Å². The van der Waals surface area contributed by atoms with Crippen LogP contribution in [0.15, 0.2) is 24.3 Å². The summed E-state index contributed by atoms with van der Waals surface area (Å²) in [6.07, 6.45) is -0.383. The maximum absolute atomic E-state index is 9.24. The van der Waals surface area contributed by atoms with Crippen LogP contribution >= 0.6 is 23.4 Å². The number of rotatable bonds is 5. The Morgan fingerprint density at radius 1 is 1.50 bits per heavy atom. The second-order valence-corrected chi connectivity index (χ2v) is 4.65. The smallest absolute Gasteiger partial charge is 0.0765 e. The summed E-state index contributed by atoms with van der Waals surface area (Å²) >= 11 is 7.21. The van der Waals surface area contributed by atoms with Gasteiger partial charge in [0.25, 0.3) is 0 Å². The van der Waals surface area contributed by atoms with Gasteiger partial charge in [0.05, 0.1) is 6.10 Å². The topological polar surface area (TPSA) is 20.2 Å². The first kappa shape index (κ1) is 11.9. The first-order valence-electron chi connectivity index (χ1n) is 4.59. The van der Waals surface area contributed by atoms with E-state index in [0.717, 1.165) is 5.75 Å². The highest BCUT2D eigenvalue weighted by atomic mass is 35.5. The van der Waals surface area contributed by atoms with E-state index in [4.69, 9.17) is 11.6 Å². The Labute approximate surface area is 94.5 Å². The fraction of sp³-hybridized carbons (Fsp3) is 0.455. The van der Waals surface area contributed by atoms with Gasteiger partial charge in [-0.15, -0.1) is 11.6 Å². The van der Waals surface area contributed by atoms with Gasteiger partial charge in [0.2, 0.25) is 0 Å². The minimum atomic E-state index is -0.383. The second-order valence-electron chi connectivity index (χ2n) is 3.31. The third-order valence-electron chi connectivity index (χ3n) is 1.84. The molecule has 0 saturated heterocycles. The summed E-state index contributed by atoms with van der Waals surface area (Å²) in [7, 11) is 0. The van der Waals surface area contributed by atoms with Crippen molar-refractivity contribution < 1.29 is 5.11 Å². The highest BCUT2D eigenvalue weighted by molar-refractivity contribution is 7.98. The van der Waals surface area contributed by atoms with E-state index in [2.05, 4.69) is 31.2 Å². The maximum atomic E-state index is 9.24. The van der Waals surface area contributed by atoms with Gasteiger partial charge in [0, 0.05) is 17.4 Å². The van der Waals surface area contributed by atoms with Gasteiger partial charge in [0.1, 0.15) is 0 Å². The van der Waals surface area contributed by atoms with Crippen LogP contribution in [0.2, 0.25) is 0 Å². The van der Waals surface area contributed by atoms with Crippen molar-refractivity contribution in [2.75, 3.05) is 11.6 Å². The molecule has 0 heterocycles. The molecule has 78 valence electrons. The number of halogens is 1. The lowest BCUT2D eigenvalue weighted by atomic mass is 10.2. The average molecular weight is 231 g/mol. The number of hydrogen-bond donors (Lipinski definition) is 1. The van der Waals surface area contributed by atoms with Gasteiger partial charge < -0.3 is 5.11 Å². The molecule has 0 aliphatic carbocycles. The number of aryl methyl sites for hydroxylation is 1. The van der Waals surface area contributed by atoms with E-state index in [9.17, 15) is 5.11 Å². The van der Waals surface area contributed by atoms with E-state index in [0.29, 0.717) is 11.6 Å². The van der Waals surface area contributed by atoms with E-state index in [-0.39, 0.29) is 6.10 Å². The van der Waals surface area contributed by atoms with Crippen molar-refractivity contribution in [3.63, 3.8) is 0 Å². The van der Waals surface area contributed by atoms with Crippen molar-refractivity contribution in [1.29, 1.82) is 0 Å². The van der Waals surface area contributed by atoms with Gasteiger partial charge in [-0.3, -0.25) is 0 Å². The predicted molar refractivity (Wildman–Crippen MR) is 64.1 cm³/mol. The molecule has 14 heavy (non-hydrogen) atoms. The molecule has 0 saturated carbocycles. The Morgan fingerprint density at radius 2 is 2.29 bits per heavy atom. The third kappa shape index (κ3) is 4.36. The quantitative estimate of drug-likeness (QED) is 0.786. The molecule has 1 nitrogen and oxygen atoms in total. The minimum absolute atomic E-state index is 0.320. The normalized spacial score (nSPS) is 12.8. The average Bonchev–Trinajstić information content (AvgIpc) is 2.17. The lowest BCUT2D eigenvalue weighted by Gasteiger charge is -2.06. The van der Waals surface area contributed by atoms with Crippen LogP contribution < -0.4 is 0 Å².